The normalized spacial score (nSPS) is 11.1. The number of aryl methyl sites for hydroxylation is 4. The van der Waals surface area contributed by atoms with Crippen molar-refractivity contribution in [3.05, 3.63) is 94.1 Å². The van der Waals surface area contributed by atoms with Crippen molar-refractivity contribution in [2.45, 2.75) is 39.5 Å². The second-order valence-electron chi connectivity index (χ2n) is 7.02. The van der Waals surface area contributed by atoms with Crippen LogP contribution in [0.25, 0.3) is 11.1 Å². The summed E-state index contributed by atoms with van der Waals surface area (Å²) in [4.78, 5) is 0. The van der Waals surface area contributed by atoms with Crippen molar-refractivity contribution >= 4 is 0 Å². The van der Waals surface area contributed by atoms with Gasteiger partial charge >= 0.3 is 0 Å². The van der Waals surface area contributed by atoms with E-state index in [-0.39, 0.29) is 11.1 Å². The molecule has 0 aliphatic carbocycles. The van der Waals surface area contributed by atoms with E-state index in [1.54, 1.807) is 48.5 Å². The smallest absolute Gasteiger partial charge is 0.166 e. The molecule has 28 heavy (non-hydrogen) atoms. The predicted molar refractivity (Wildman–Crippen MR) is 104 cm³/mol. The largest absolute Gasteiger partial charge is 0.203 e. The third kappa shape index (κ3) is 4.11. The fourth-order valence-electron chi connectivity index (χ4n) is 3.28. The van der Waals surface area contributed by atoms with Gasteiger partial charge in [-0.3, -0.25) is 0 Å². The van der Waals surface area contributed by atoms with Crippen molar-refractivity contribution < 1.29 is 17.6 Å². The Bertz CT molecular complexity index is 975. The highest BCUT2D eigenvalue weighted by atomic mass is 19.2. The van der Waals surface area contributed by atoms with Crippen molar-refractivity contribution in [3.63, 3.8) is 0 Å². The van der Waals surface area contributed by atoms with E-state index >= 15 is 0 Å². The first-order valence-corrected chi connectivity index (χ1v) is 9.42. The zero-order valence-corrected chi connectivity index (χ0v) is 16.0. The molecule has 3 aromatic rings. The summed E-state index contributed by atoms with van der Waals surface area (Å²) < 4.78 is 56.2. The average Bonchev–Trinajstić information content (AvgIpc) is 2.70. The molecule has 0 spiro atoms. The lowest BCUT2D eigenvalue weighted by Crippen LogP contribution is -2.01. The first-order chi connectivity index (χ1) is 13.4. The van der Waals surface area contributed by atoms with Crippen LogP contribution in [0, 0.1) is 30.2 Å². The maximum atomic E-state index is 14.2. The van der Waals surface area contributed by atoms with Crippen LogP contribution >= 0.6 is 0 Å². The SMILES string of the molecule is CCCc1ccc(CCc2ccc(-c3ccc(C)c(F)c3F)cc2)c(F)c1F. The first kappa shape index (κ1) is 20.1. The van der Waals surface area contributed by atoms with Gasteiger partial charge < -0.3 is 0 Å². The van der Waals surface area contributed by atoms with E-state index in [2.05, 4.69) is 0 Å². The molecule has 0 aromatic heterocycles. The topological polar surface area (TPSA) is 0 Å². The molecule has 0 amide bonds. The molecule has 0 N–H and O–H groups in total. The zero-order valence-electron chi connectivity index (χ0n) is 16.0. The van der Waals surface area contributed by atoms with Crippen molar-refractivity contribution in [3.8, 4) is 11.1 Å². The van der Waals surface area contributed by atoms with Gasteiger partial charge in [-0.25, -0.2) is 17.6 Å². The van der Waals surface area contributed by atoms with Gasteiger partial charge in [0, 0.05) is 5.56 Å². The van der Waals surface area contributed by atoms with Gasteiger partial charge in [0.25, 0.3) is 0 Å². The minimum absolute atomic E-state index is 0.203. The summed E-state index contributed by atoms with van der Waals surface area (Å²) >= 11 is 0. The molecule has 0 saturated carbocycles. The van der Waals surface area contributed by atoms with Crippen molar-refractivity contribution in [2.24, 2.45) is 0 Å². The molecule has 146 valence electrons. The van der Waals surface area contributed by atoms with Crippen LogP contribution in [-0.2, 0) is 19.3 Å². The van der Waals surface area contributed by atoms with Gasteiger partial charge in [-0.1, -0.05) is 61.9 Å². The highest BCUT2D eigenvalue weighted by molar-refractivity contribution is 5.65. The fourth-order valence-corrected chi connectivity index (χ4v) is 3.28. The molecule has 0 unspecified atom stereocenters. The Balaban J connectivity index is 1.74. The zero-order chi connectivity index (χ0) is 20.3. The van der Waals surface area contributed by atoms with Gasteiger partial charge in [0.1, 0.15) is 0 Å². The van der Waals surface area contributed by atoms with E-state index in [0.717, 1.165) is 12.0 Å². The lowest BCUT2D eigenvalue weighted by Gasteiger charge is -2.09. The van der Waals surface area contributed by atoms with E-state index in [4.69, 9.17) is 0 Å². The Morgan fingerprint density at radius 2 is 1.21 bits per heavy atom. The molecule has 4 heteroatoms. The lowest BCUT2D eigenvalue weighted by molar-refractivity contribution is 0.488. The maximum absolute atomic E-state index is 14.2. The molecule has 0 radical (unpaired) electrons. The van der Waals surface area contributed by atoms with Crippen LogP contribution in [0.5, 0.6) is 0 Å². The molecule has 3 aromatic carbocycles. The molecular formula is C24H22F4. The summed E-state index contributed by atoms with van der Waals surface area (Å²) in [5.74, 6) is -3.24. The molecule has 0 bridgehead atoms. The molecule has 0 aliphatic heterocycles. The Labute approximate surface area is 162 Å². The van der Waals surface area contributed by atoms with E-state index in [0.29, 0.717) is 36.0 Å². The average molecular weight is 386 g/mol. The summed E-state index contributed by atoms with van der Waals surface area (Å²) in [5, 5.41) is 0. The number of rotatable bonds is 6. The van der Waals surface area contributed by atoms with Crippen molar-refractivity contribution in [2.75, 3.05) is 0 Å². The molecule has 0 nitrogen and oxygen atoms in total. The highest BCUT2D eigenvalue weighted by Gasteiger charge is 2.14. The molecular weight excluding hydrogens is 364 g/mol. The minimum atomic E-state index is -0.863. The Hall–Kier alpha value is -2.62. The second kappa shape index (κ2) is 8.59. The second-order valence-corrected chi connectivity index (χ2v) is 7.02. The predicted octanol–water partition coefficient (Wildman–Crippen LogP) is 6.96. The first-order valence-electron chi connectivity index (χ1n) is 9.42. The van der Waals surface area contributed by atoms with Crippen LogP contribution in [0.15, 0.2) is 48.5 Å². The lowest BCUT2D eigenvalue weighted by atomic mass is 9.98. The van der Waals surface area contributed by atoms with Crippen LogP contribution in [-0.4, -0.2) is 0 Å². The van der Waals surface area contributed by atoms with E-state index in [1.165, 1.54) is 6.92 Å². The van der Waals surface area contributed by atoms with E-state index < -0.39 is 23.3 Å². The standard InChI is InChI=1S/C24H22F4/c1-3-4-18-12-13-19(23(27)22(18)26)11-8-16-6-9-17(10-7-16)20-14-5-15(2)21(25)24(20)28/h5-7,9-10,12-14H,3-4,8,11H2,1-2H3. The number of halogens is 4. The fraction of sp³-hybridized carbons (Fsp3) is 0.250. The molecule has 0 atom stereocenters. The summed E-state index contributed by atoms with van der Waals surface area (Å²) in [7, 11) is 0. The summed E-state index contributed by atoms with van der Waals surface area (Å²) in [6, 6.07) is 13.4. The Morgan fingerprint density at radius 1 is 0.607 bits per heavy atom. The van der Waals surface area contributed by atoms with E-state index in [1.807, 2.05) is 6.92 Å². The molecule has 0 saturated heterocycles. The van der Waals surface area contributed by atoms with Crippen LogP contribution in [0.2, 0.25) is 0 Å². The summed E-state index contributed by atoms with van der Waals surface area (Å²) in [6.07, 6.45) is 2.16. The monoisotopic (exact) mass is 386 g/mol. The van der Waals surface area contributed by atoms with Gasteiger partial charge in [-0.2, -0.15) is 0 Å². The third-order valence-corrected chi connectivity index (χ3v) is 4.98. The van der Waals surface area contributed by atoms with E-state index in [9.17, 15) is 17.6 Å². The Morgan fingerprint density at radius 3 is 1.82 bits per heavy atom. The van der Waals surface area contributed by atoms with Crippen LogP contribution in [0.3, 0.4) is 0 Å². The molecule has 3 rings (SSSR count). The van der Waals surface area contributed by atoms with Crippen molar-refractivity contribution in [1.29, 1.82) is 0 Å². The van der Waals surface area contributed by atoms with Gasteiger partial charge in [-0.05, 0) is 54.0 Å². The van der Waals surface area contributed by atoms with Gasteiger partial charge in [-0.15, -0.1) is 0 Å². The molecule has 0 fully saturated rings. The molecule has 0 aliphatic rings. The molecule has 0 heterocycles. The maximum Gasteiger partial charge on any atom is 0.166 e. The number of hydrogen-bond acceptors (Lipinski definition) is 0. The van der Waals surface area contributed by atoms with Gasteiger partial charge in [0.2, 0.25) is 0 Å². The van der Waals surface area contributed by atoms with Crippen LogP contribution < -0.4 is 0 Å². The Kier molecular flexibility index (Phi) is 6.18. The number of hydrogen-bond donors (Lipinski definition) is 0. The minimum Gasteiger partial charge on any atom is -0.203 e. The van der Waals surface area contributed by atoms with Gasteiger partial charge in [0.15, 0.2) is 23.3 Å². The van der Waals surface area contributed by atoms with Gasteiger partial charge in [0.05, 0.1) is 0 Å². The summed E-state index contributed by atoms with van der Waals surface area (Å²) in [5.41, 5.74) is 2.69. The van der Waals surface area contributed by atoms with Crippen LogP contribution in [0.4, 0.5) is 17.6 Å². The van der Waals surface area contributed by atoms with Crippen molar-refractivity contribution in [1.82, 2.24) is 0 Å². The van der Waals surface area contributed by atoms with Crippen LogP contribution in [0.1, 0.15) is 35.6 Å². The third-order valence-electron chi connectivity index (χ3n) is 4.98. The highest BCUT2D eigenvalue weighted by Crippen LogP contribution is 2.27. The number of benzene rings is 3. The summed E-state index contributed by atoms with van der Waals surface area (Å²) in [6.45, 7) is 3.44. The quantitative estimate of drug-likeness (QED) is 0.402.